The van der Waals surface area contributed by atoms with Crippen LogP contribution in [0.5, 0.6) is 5.75 Å². The van der Waals surface area contributed by atoms with E-state index in [0.29, 0.717) is 22.1 Å². The number of sulfone groups is 1. The lowest BCUT2D eigenvalue weighted by Gasteiger charge is -2.30. The Labute approximate surface area is 214 Å². The molecule has 1 N–H and O–H groups in total. The first-order valence-corrected chi connectivity index (χ1v) is 14.5. The maximum atomic E-state index is 13.0. The molecule has 1 atom stereocenters. The number of aromatic amines is 1. The van der Waals surface area contributed by atoms with Gasteiger partial charge >= 0.3 is 0 Å². The van der Waals surface area contributed by atoms with Gasteiger partial charge in [-0.1, -0.05) is 74.4 Å². The summed E-state index contributed by atoms with van der Waals surface area (Å²) in [4.78, 5) is 6.51. The molecule has 1 aliphatic rings. The number of likely N-dealkylation sites (tertiary alicyclic amines) is 1. The minimum atomic E-state index is -3.42. The molecule has 5 rings (SSSR count). The summed E-state index contributed by atoms with van der Waals surface area (Å²) < 4.78 is 31.9. The zero-order chi connectivity index (χ0) is 25.1. The molecule has 0 bridgehead atoms. The van der Waals surface area contributed by atoms with Crippen molar-refractivity contribution in [3.63, 3.8) is 0 Å². The van der Waals surface area contributed by atoms with Crippen molar-refractivity contribution in [2.45, 2.75) is 50.1 Å². The van der Waals surface area contributed by atoms with E-state index < -0.39 is 9.84 Å². The predicted octanol–water partition coefficient (Wildman–Crippen LogP) is 6.75. The van der Waals surface area contributed by atoms with Crippen molar-refractivity contribution in [3.8, 4) is 17.0 Å². The number of benzene rings is 3. The Morgan fingerprint density at radius 2 is 1.69 bits per heavy atom. The van der Waals surface area contributed by atoms with Gasteiger partial charge in [0.05, 0.1) is 17.8 Å². The Bertz CT molecular complexity index is 1440. The molecule has 1 unspecified atom stereocenters. The smallest absolute Gasteiger partial charge is 0.178 e. The standard InChI is InChI=1S/C30H34N2O3S/c1-3-36(33,34)29-20-26(30(35-2)25-15-10-9-14-24(25)29)27-18-17-23(31-27)21-32-19-11-5-8-16-28(32)22-12-6-4-7-13-22/h4,6-7,9-10,12-15,17-18,20,28,31H,3,5,8,11,16,19,21H2,1-2H3. The van der Waals surface area contributed by atoms with Gasteiger partial charge in [-0.3, -0.25) is 4.90 Å². The SMILES string of the molecule is CCS(=O)(=O)c1cc(-c2ccc(CN3CCCCCC3c3ccccc3)[nH]2)c(OC)c2ccccc12. The molecule has 4 aromatic rings. The van der Waals surface area contributed by atoms with Gasteiger partial charge in [-0.15, -0.1) is 0 Å². The van der Waals surface area contributed by atoms with E-state index in [1.54, 1.807) is 20.1 Å². The lowest BCUT2D eigenvalue weighted by molar-refractivity contribution is 0.190. The number of hydrogen-bond donors (Lipinski definition) is 1. The third-order valence-electron chi connectivity index (χ3n) is 7.33. The van der Waals surface area contributed by atoms with Crippen molar-refractivity contribution in [3.05, 3.63) is 84.1 Å². The van der Waals surface area contributed by atoms with Crippen molar-refractivity contribution in [2.24, 2.45) is 0 Å². The summed E-state index contributed by atoms with van der Waals surface area (Å²) in [5, 5.41) is 1.50. The molecular weight excluding hydrogens is 468 g/mol. The highest BCUT2D eigenvalue weighted by Crippen LogP contribution is 2.40. The van der Waals surface area contributed by atoms with E-state index in [0.717, 1.165) is 41.8 Å². The Kier molecular flexibility index (Phi) is 7.17. The van der Waals surface area contributed by atoms with Crippen LogP contribution >= 0.6 is 0 Å². The summed E-state index contributed by atoms with van der Waals surface area (Å²) >= 11 is 0. The largest absolute Gasteiger partial charge is 0.495 e. The summed E-state index contributed by atoms with van der Waals surface area (Å²) in [5.41, 5.74) is 4.12. The van der Waals surface area contributed by atoms with Gasteiger partial charge in [-0.2, -0.15) is 0 Å². The zero-order valence-electron chi connectivity index (χ0n) is 21.0. The van der Waals surface area contributed by atoms with Crippen LogP contribution in [0.25, 0.3) is 22.0 Å². The fraction of sp³-hybridized carbons (Fsp3) is 0.333. The number of aromatic nitrogens is 1. The van der Waals surface area contributed by atoms with Crippen LogP contribution in [-0.2, 0) is 16.4 Å². The first-order valence-electron chi connectivity index (χ1n) is 12.8. The van der Waals surface area contributed by atoms with E-state index in [4.69, 9.17) is 4.74 Å². The normalized spacial score (nSPS) is 17.2. The lowest BCUT2D eigenvalue weighted by atomic mass is 10.0. The van der Waals surface area contributed by atoms with Crippen LogP contribution in [0.2, 0.25) is 0 Å². The number of H-pyrrole nitrogens is 1. The average Bonchev–Trinajstić information content (AvgIpc) is 3.25. The second kappa shape index (κ2) is 10.5. The molecule has 6 heteroatoms. The number of hydrogen-bond acceptors (Lipinski definition) is 4. The average molecular weight is 503 g/mol. The van der Waals surface area contributed by atoms with Gasteiger partial charge < -0.3 is 9.72 Å². The monoisotopic (exact) mass is 502 g/mol. The molecule has 0 saturated carbocycles. The van der Waals surface area contributed by atoms with Crippen LogP contribution in [0.15, 0.2) is 77.7 Å². The highest BCUT2D eigenvalue weighted by atomic mass is 32.2. The summed E-state index contributed by atoms with van der Waals surface area (Å²) in [6, 6.07) is 24.7. The maximum Gasteiger partial charge on any atom is 0.178 e. The lowest BCUT2D eigenvalue weighted by Crippen LogP contribution is -2.28. The Morgan fingerprint density at radius 3 is 2.44 bits per heavy atom. The number of fused-ring (bicyclic) bond motifs is 1. The Hall–Kier alpha value is -3.09. The highest BCUT2D eigenvalue weighted by Gasteiger charge is 2.25. The summed E-state index contributed by atoms with van der Waals surface area (Å²) in [7, 11) is -1.77. The van der Waals surface area contributed by atoms with Crippen LogP contribution in [0.4, 0.5) is 0 Å². The number of methoxy groups -OCH3 is 1. The number of rotatable bonds is 7. The quantitative estimate of drug-likeness (QED) is 0.303. The molecule has 0 aliphatic carbocycles. The van der Waals surface area contributed by atoms with Gasteiger partial charge in [0.25, 0.3) is 0 Å². The Morgan fingerprint density at radius 1 is 0.944 bits per heavy atom. The van der Waals surface area contributed by atoms with Gasteiger partial charge in [0.2, 0.25) is 0 Å². The highest BCUT2D eigenvalue weighted by molar-refractivity contribution is 7.91. The molecule has 2 heterocycles. The molecular formula is C30H34N2O3S. The molecule has 188 valence electrons. The van der Waals surface area contributed by atoms with Gasteiger partial charge in [0.1, 0.15) is 5.75 Å². The van der Waals surface area contributed by atoms with E-state index in [9.17, 15) is 8.42 Å². The fourth-order valence-electron chi connectivity index (χ4n) is 5.47. The first-order chi connectivity index (χ1) is 17.5. The van der Waals surface area contributed by atoms with Gasteiger partial charge in [-0.25, -0.2) is 8.42 Å². The summed E-state index contributed by atoms with van der Waals surface area (Å²) in [5.74, 6) is 0.736. The molecule has 5 nitrogen and oxygen atoms in total. The van der Waals surface area contributed by atoms with Crippen LogP contribution in [0, 0.1) is 0 Å². The third kappa shape index (κ3) is 4.80. The van der Waals surface area contributed by atoms with E-state index >= 15 is 0 Å². The summed E-state index contributed by atoms with van der Waals surface area (Å²) in [6.07, 6.45) is 4.87. The van der Waals surface area contributed by atoms with E-state index in [1.807, 2.05) is 30.3 Å². The van der Waals surface area contributed by atoms with Crippen molar-refractivity contribution >= 4 is 20.6 Å². The van der Waals surface area contributed by atoms with Gasteiger partial charge in [-0.05, 0) is 43.1 Å². The maximum absolute atomic E-state index is 13.0. The van der Waals surface area contributed by atoms with Crippen LogP contribution in [0.3, 0.4) is 0 Å². The molecule has 0 amide bonds. The molecule has 1 aliphatic heterocycles. The third-order valence-corrected chi connectivity index (χ3v) is 9.10. The fourth-order valence-corrected chi connectivity index (χ4v) is 6.59. The van der Waals surface area contributed by atoms with Crippen LogP contribution in [0.1, 0.15) is 49.9 Å². The molecule has 36 heavy (non-hydrogen) atoms. The number of ether oxygens (including phenoxy) is 1. The molecule has 1 saturated heterocycles. The predicted molar refractivity (Wildman–Crippen MR) is 146 cm³/mol. The molecule has 1 aromatic heterocycles. The van der Waals surface area contributed by atoms with Crippen molar-refractivity contribution < 1.29 is 13.2 Å². The van der Waals surface area contributed by atoms with Gasteiger partial charge in [0, 0.05) is 40.3 Å². The molecule has 0 spiro atoms. The Balaban J connectivity index is 1.53. The van der Waals surface area contributed by atoms with Crippen LogP contribution < -0.4 is 4.74 Å². The number of nitrogens with zero attached hydrogens (tertiary/aromatic N) is 1. The first kappa shape index (κ1) is 24.6. The molecule has 3 aromatic carbocycles. The van der Waals surface area contributed by atoms with Crippen molar-refractivity contribution in [1.82, 2.24) is 9.88 Å². The second-order valence-corrected chi connectivity index (χ2v) is 11.8. The molecule has 1 fully saturated rings. The van der Waals surface area contributed by atoms with Crippen LogP contribution in [-0.4, -0.2) is 37.7 Å². The van der Waals surface area contributed by atoms with Gasteiger partial charge in [0.15, 0.2) is 9.84 Å². The topological polar surface area (TPSA) is 62.4 Å². The number of nitrogens with one attached hydrogen (secondary N) is 1. The van der Waals surface area contributed by atoms with E-state index in [1.165, 1.54) is 24.8 Å². The van der Waals surface area contributed by atoms with E-state index in [2.05, 4.69) is 46.3 Å². The summed E-state index contributed by atoms with van der Waals surface area (Å²) in [6.45, 7) is 3.56. The zero-order valence-corrected chi connectivity index (χ0v) is 21.9. The molecule has 0 radical (unpaired) electrons. The second-order valence-electron chi connectivity index (χ2n) is 9.55. The van der Waals surface area contributed by atoms with E-state index in [-0.39, 0.29) is 5.75 Å². The minimum Gasteiger partial charge on any atom is -0.495 e. The van der Waals surface area contributed by atoms with Crippen molar-refractivity contribution in [1.29, 1.82) is 0 Å². The minimum absolute atomic E-state index is 0.0502. The van der Waals surface area contributed by atoms with Crippen molar-refractivity contribution in [2.75, 3.05) is 19.4 Å².